The van der Waals surface area contributed by atoms with Gasteiger partial charge in [0, 0.05) is 18.5 Å². The molecule has 4 aromatic rings. The van der Waals surface area contributed by atoms with Gasteiger partial charge in [0.25, 0.3) is 0 Å². The van der Waals surface area contributed by atoms with Crippen LogP contribution in [-0.2, 0) is 26.1 Å². The fraction of sp³-hybridized carbons (Fsp3) is 0.250. The molecule has 2 aromatic heterocycles. The molecule has 0 saturated carbocycles. The zero-order valence-electron chi connectivity index (χ0n) is 16.6. The summed E-state index contributed by atoms with van der Waals surface area (Å²) in [4.78, 5) is 12.1. The molecule has 5 rings (SSSR count). The van der Waals surface area contributed by atoms with E-state index in [0.29, 0.717) is 6.54 Å². The van der Waals surface area contributed by atoms with Gasteiger partial charge >= 0.3 is 0 Å². The van der Waals surface area contributed by atoms with Crippen LogP contribution in [-0.4, -0.2) is 21.4 Å². The Morgan fingerprint density at radius 3 is 2.66 bits per heavy atom. The van der Waals surface area contributed by atoms with Crippen molar-refractivity contribution in [3.8, 4) is 0 Å². The van der Waals surface area contributed by atoms with Gasteiger partial charge in [0.2, 0.25) is 0 Å². The standard InChI is InChI=1S/C24H24N4O/c1-17-10-11-20(29-17)14-25-24-21-8-4-5-9-22(21)26-23(27-24)16-28-13-12-18-6-2-3-7-19(18)15-28/h2-11H,12-16H2,1H3,(H,25,26,27). The minimum Gasteiger partial charge on any atom is -0.465 e. The number of fused-ring (bicyclic) bond motifs is 2. The summed E-state index contributed by atoms with van der Waals surface area (Å²) in [6.07, 6.45) is 1.08. The highest BCUT2D eigenvalue weighted by molar-refractivity contribution is 5.88. The topological polar surface area (TPSA) is 54.2 Å². The van der Waals surface area contributed by atoms with Crippen LogP contribution in [0.1, 0.15) is 28.5 Å². The molecule has 146 valence electrons. The van der Waals surface area contributed by atoms with Gasteiger partial charge in [-0.25, -0.2) is 9.97 Å². The number of aromatic nitrogens is 2. The predicted octanol–water partition coefficient (Wildman–Crippen LogP) is 4.70. The molecular formula is C24H24N4O. The number of furan rings is 1. The monoisotopic (exact) mass is 384 g/mol. The minimum atomic E-state index is 0.603. The molecule has 0 amide bonds. The maximum atomic E-state index is 5.69. The number of hydrogen-bond donors (Lipinski definition) is 1. The van der Waals surface area contributed by atoms with Gasteiger partial charge in [-0.2, -0.15) is 0 Å². The Kier molecular flexibility index (Phi) is 4.74. The lowest BCUT2D eigenvalue weighted by molar-refractivity contribution is 0.240. The van der Waals surface area contributed by atoms with Crippen LogP contribution < -0.4 is 5.32 Å². The Bertz CT molecular complexity index is 1150. The minimum absolute atomic E-state index is 0.603. The van der Waals surface area contributed by atoms with E-state index in [4.69, 9.17) is 14.4 Å². The van der Waals surface area contributed by atoms with Gasteiger partial charge in [0.1, 0.15) is 23.2 Å². The summed E-state index contributed by atoms with van der Waals surface area (Å²) in [5.41, 5.74) is 3.83. The maximum Gasteiger partial charge on any atom is 0.145 e. The number of para-hydroxylation sites is 1. The Balaban J connectivity index is 1.39. The van der Waals surface area contributed by atoms with Crippen LogP contribution in [0.15, 0.2) is 65.1 Å². The van der Waals surface area contributed by atoms with E-state index in [1.807, 2.05) is 37.3 Å². The molecule has 0 atom stereocenters. The quantitative estimate of drug-likeness (QED) is 0.540. The molecule has 0 aliphatic carbocycles. The highest BCUT2D eigenvalue weighted by atomic mass is 16.3. The third-order valence-electron chi connectivity index (χ3n) is 5.45. The van der Waals surface area contributed by atoms with E-state index in [1.54, 1.807) is 0 Å². The molecule has 0 spiro atoms. The van der Waals surface area contributed by atoms with Crippen molar-refractivity contribution in [3.05, 3.63) is 89.1 Å². The summed E-state index contributed by atoms with van der Waals surface area (Å²) in [6, 6.07) is 20.8. The number of hydrogen-bond acceptors (Lipinski definition) is 5. The van der Waals surface area contributed by atoms with Gasteiger partial charge in [-0.3, -0.25) is 4.90 Å². The largest absolute Gasteiger partial charge is 0.465 e. The van der Waals surface area contributed by atoms with E-state index in [-0.39, 0.29) is 0 Å². The van der Waals surface area contributed by atoms with Crippen LogP contribution in [0.2, 0.25) is 0 Å². The van der Waals surface area contributed by atoms with E-state index in [2.05, 4.69) is 40.5 Å². The highest BCUT2D eigenvalue weighted by Crippen LogP contribution is 2.24. The van der Waals surface area contributed by atoms with Gasteiger partial charge in [-0.05, 0) is 48.7 Å². The number of nitrogens with zero attached hydrogens (tertiary/aromatic N) is 3. The Hall–Kier alpha value is -3.18. The highest BCUT2D eigenvalue weighted by Gasteiger charge is 2.18. The molecule has 0 saturated heterocycles. The van der Waals surface area contributed by atoms with Crippen molar-refractivity contribution in [2.75, 3.05) is 11.9 Å². The number of benzene rings is 2. The summed E-state index contributed by atoms with van der Waals surface area (Å²) in [5, 5.41) is 4.48. The number of anilines is 1. The van der Waals surface area contributed by atoms with Gasteiger partial charge < -0.3 is 9.73 Å². The molecule has 0 radical (unpaired) electrons. The molecule has 0 fully saturated rings. The molecule has 5 heteroatoms. The second-order valence-electron chi connectivity index (χ2n) is 7.60. The molecule has 0 bridgehead atoms. The van der Waals surface area contributed by atoms with Crippen molar-refractivity contribution in [1.82, 2.24) is 14.9 Å². The predicted molar refractivity (Wildman–Crippen MR) is 115 cm³/mol. The summed E-state index contributed by atoms with van der Waals surface area (Å²) in [7, 11) is 0. The van der Waals surface area contributed by atoms with E-state index >= 15 is 0 Å². The number of nitrogens with one attached hydrogen (secondary N) is 1. The van der Waals surface area contributed by atoms with Crippen molar-refractivity contribution < 1.29 is 4.42 Å². The zero-order chi connectivity index (χ0) is 19.6. The Morgan fingerprint density at radius 1 is 0.966 bits per heavy atom. The Morgan fingerprint density at radius 2 is 1.79 bits per heavy atom. The van der Waals surface area contributed by atoms with Crippen molar-refractivity contribution in [2.45, 2.75) is 33.0 Å². The molecule has 2 aromatic carbocycles. The Labute approximate surface area is 170 Å². The van der Waals surface area contributed by atoms with Crippen LogP contribution in [0.25, 0.3) is 10.9 Å². The molecule has 0 unspecified atom stereocenters. The first-order chi connectivity index (χ1) is 14.2. The van der Waals surface area contributed by atoms with Crippen LogP contribution >= 0.6 is 0 Å². The lowest BCUT2D eigenvalue weighted by atomic mass is 10.00. The van der Waals surface area contributed by atoms with Gasteiger partial charge in [-0.1, -0.05) is 36.4 Å². The molecule has 3 heterocycles. The fourth-order valence-electron chi connectivity index (χ4n) is 3.97. The first-order valence-electron chi connectivity index (χ1n) is 10.1. The van der Waals surface area contributed by atoms with Gasteiger partial charge in [0.15, 0.2) is 0 Å². The first-order valence-corrected chi connectivity index (χ1v) is 10.1. The first kappa shape index (κ1) is 17.9. The normalized spacial score (nSPS) is 14.1. The lowest BCUT2D eigenvalue weighted by Crippen LogP contribution is -2.30. The fourth-order valence-corrected chi connectivity index (χ4v) is 3.97. The molecule has 1 N–H and O–H groups in total. The number of aryl methyl sites for hydroxylation is 1. The van der Waals surface area contributed by atoms with E-state index in [1.165, 1.54) is 11.1 Å². The summed E-state index contributed by atoms with van der Waals surface area (Å²) >= 11 is 0. The second-order valence-corrected chi connectivity index (χ2v) is 7.60. The van der Waals surface area contributed by atoms with Crippen molar-refractivity contribution >= 4 is 16.7 Å². The van der Waals surface area contributed by atoms with Crippen molar-refractivity contribution in [2.24, 2.45) is 0 Å². The molecular weight excluding hydrogens is 360 g/mol. The van der Waals surface area contributed by atoms with E-state index in [0.717, 1.165) is 60.1 Å². The summed E-state index contributed by atoms with van der Waals surface area (Å²) in [5.74, 6) is 3.53. The summed E-state index contributed by atoms with van der Waals surface area (Å²) in [6.45, 7) is 5.28. The second kappa shape index (κ2) is 7.68. The van der Waals surface area contributed by atoms with Crippen molar-refractivity contribution in [1.29, 1.82) is 0 Å². The molecule has 5 nitrogen and oxygen atoms in total. The third kappa shape index (κ3) is 3.87. The van der Waals surface area contributed by atoms with Crippen LogP contribution in [0.5, 0.6) is 0 Å². The average Bonchev–Trinajstić information content (AvgIpc) is 3.17. The zero-order valence-corrected chi connectivity index (χ0v) is 16.6. The van der Waals surface area contributed by atoms with E-state index in [9.17, 15) is 0 Å². The van der Waals surface area contributed by atoms with E-state index < -0.39 is 0 Å². The maximum absolute atomic E-state index is 5.69. The van der Waals surface area contributed by atoms with Crippen LogP contribution in [0.3, 0.4) is 0 Å². The molecule has 1 aliphatic heterocycles. The molecule has 1 aliphatic rings. The van der Waals surface area contributed by atoms with Gasteiger partial charge in [-0.15, -0.1) is 0 Å². The van der Waals surface area contributed by atoms with Crippen molar-refractivity contribution in [3.63, 3.8) is 0 Å². The molecule has 29 heavy (non-hydrogen) atoms. The van der Waals surface area contributed by atoms with Gasteiger partial charge in [0.05, 0.1) is 18.6 Å². The smallest absolute Gasteiger partial charge is 0.145 e. The average molecular weight is 384 g/mol. The SMILES string of the molecule is Cc1ccc(CNc2nc(CN3CCc4ccccc4C3)nc3ccccc23)o1. The van der Waals surface area contributed by atoms with Crippen LogP contribution in [0, 0.1) is 6.92 Å². The summed E-state index contributed by atoms with van der Waals surface area (Å²) < 4.78 is 5.69. The number of rotatable bonds is 5. The lowest BCUT2D eigenvalue weighted by Gasteiger charge is -2.28. The van der Waals surface area contributed by atoms with Crippen LogP contribution in [0.4, 0.5) is 5.82 Å². The third-order valence-corrected chi connectivity index (χ3v) is 5.45.